The van der Waals surface area contributed by atoms with E-state index >= 15 is 0 Å². The van der Waals surface area contributed by atoms with Gasteiger partial charge in [-0.05, 0) is 42.9 Å². The Kier molecular flexibility index (Phi) is 4.23. The topological polar surface area (TPSA) is 66.4 Å². The molecule has 106 valence electrons. The van der Waals surface area contributed by atoms with Crippen LogP contribution >= 0.6 is 0 Å². The van der Waals surface area contributed by atoms with Crippen LogP contribution in [0.1, 0.15) is 31.7 Å². The third kappa shape index (κ3) is 3.32. The highest BCUT2D eigenvalue weighted by atomic mass is 32.2. The first kappa shape index (κ1) is 14.4. The molecule has 0 radical (unpaired) electrons. The highest BCUT2D eigenvalue weighted by Gasteiger charge is 2.27. The van der Waals surface area contributed by atoms with Gasteiger partial charge in [0.25, 0.3) is 0 Å². The molecule has 0 aromatic heterocycles. The molecule has 1 aromatic carbocycles. The SMILES string of the molecule is CC1CCC(NS(=O)(=O)c2cc(F)ccc2CO)C1. The molecule has 1 aliphatic rings. The molecule has 1 aliphatic carbocycles. The van der Waals surface area contributed by atoms with E-state index in [-0.39, 0.29) is 16.5 Å². The summed E-state index contributed by atoms with van der Waals surface area (Å²) in [6, 6.07) is 3.28. The standard InChI is InChI=1S/C13H18FNO3S/c1-9-2-5-12(6-9)15-19(17,18)13-7-11(14)4-3-10(13)8-16/h3-4,7,9,12,15-16H,2,5-6,8H2,1H3. The minimum Gasteiger partial charge on any atom is -0.392 e. The first-order chi connectivity index (χ1) is 8.92. The van der Waals surface area contributed by atoms with E-state index in [0.717, 1.165) is 31.4 Å². The summed E-state index contributed by atoms with van der Waals surface area (Å²) in [7, 11) is -3.78. The summed E-state index contributed by atoms with van der Waals surface area (Å²) in [6.07, 6.45) is 2.58. The quantitative estimate of drug-likeness (QED) is 0.887. The van der Waals surface area contributed by atoms with Crippen LogP contribution in [0.15, 0.2) is 23.1 Å². The van der Waals surface area contributed by atoms with Crippen LogP contribution in [0.5, 0.6) is 0 Å². The van der Waals surface area contributed by atoms with Gasteiger partial charge in [0.15, 0.2) is 0 Å². The van der Waals surface area contributed by atoms with Crippen LogP contribution in [0.2, 0.25) is 0 Å². The van der Waals surface area contributed by atoms with Crippen molar-refractivity contribution in [3.05, 3.63) is 29.6 Å². The molecule has 0 spiro atoms. The zero-order chi connectivity index (χ0) is 14.0. The van der Waals surface area contributed by atoms with Crippen LogP contribution in [0.3, 0.4) is 0 Å². The molecule has 1 fully saturated rings. The number of hydrogen-bond donors (Lipinski definition) is 2. The van der Waals surface area contributed by atoms with Crippen molar-refractivity contribution >= 4 is 10.0 Å². The van der Waals surface area contributed by atoms with Gasteiger partial charge in [0, 0.05) is 6.04 Å². The monoisotopic (exact) mass is 287 g/mol. The Morgan fingerprint density at radius 2 is 2.16 bits per heavy atom. The number of nitrogens with one attached hydrogen (secondary N) is 1. The highest BCUT2D eigenvalue weighted by Crippen LogP contribution is 2.26. The van der Waals surface area contributed by atoms with Crippen molar-refractivity contribution in [2.45, 2.75) is 43.7 Å². The predicted octanol–water partition coefficient (Wildman–Crippen LogP) is 1.78. The molecule has 0 aliphatic heterocycles. The van der Waals surface area contributed by atoms with Gasteiger partial charge in [-0.25, -0.2) is 17.5 Å². The van der Waals surface area contributed by atoms with Crippen molar-refractivity contribution in [3.8, 4) is 0 Å². The molecule has 2 atom stereocenters. The molecular weight excluding hydrogens is 269 g/mol. The van der Waals surface area contributed by atoms with Crippen molar-refractivity contribution in [2.75, 3.05) is 0 Å². The maximum atomic E-state index is 13.2. The minimum absolute atomic E-state index is 0.102. The van der Waals surface area contributed by atoms with E-state index in [1.807, 2.05) is 0 Å². The first-order valence-corrected chi connectivity index (χ1v) is 7.82. The molecule has 6 heteroatoms. The maximum absolute atomic E-state index is 13.2. The Morgan fingerprint density at radius 3 is 2.74 bits per heavy atom. The van der Waals surface area contributed by atoms with Gasteiger partial charge in [0.05, 0.1) is 11.5 Å². The average molecular weight is 287 g/mol. The van der Waals surface area contributed by atoms with Crippen molar-refractivity contribution in [1.29, 1.82) is 0 Å². The third-order valence-corrected chi connectivity index (χ3v) is 5.11. The number of aliphatic hydroxyl groups excluding tert-OH is 1. The van der Waals surface area contributed by atoms with Crippen LogP contribution in [-0.2, 0) is 16.6 Å². The van der Waals surface area contributed by atoms with Gasteiger partial charge in [-0.2, -0.15) is 0 Å². The van der Waals surface area contributed by atoms with Gasteiger partial charge in [-0.15, -0.1) is 0 Å². The molecule has 0 saturated heterocycles. The van der Waals surface area contributed by atoms with Crippen LogP contribution < -0.4 is 4.72 Å². The van der Waals surface area contributed by atoms with Gasteiger partial charge in [-0.3, -0.25) is 0 Å². The lowest BCUT2D eigenvalue weighted by molar-refractivity contribution is 0.278. The van der Waals surface area contributed by atoms with E-state index in [1.54, 1.807) is 0 Å². The number of rotatable bonds is 4. The van der Waals surface area contributed by atoms with Crippen molar-refractivity contribution in [1.82, 2.24) is 4.72 Å². The second kappa shape index (κ2) is 5.56. The molecule has 2 unspecified atom stereocenters. The zero-order valence-corrected chi connectivity index (χ0v) is 11.6. The summed E-state index contributed by atoms with van der Waals surface area (Å²) in [5.74, 6) is -0.130. The summed E-state index contributed by atoms with van der Waals surface area (Å²) in [5, 5.41) is 9.16. The third-order valence-electron chi connectivity index (χ3n) is 3.51. The fraction of sp³-hybridized carbons (Fsp3) is 0.538. The summed E-state index contributed by atoms with van der Waals surface area (Å²) in [6.45, 7) is 1.65. The lowest BCUT2D eigenvalue weighted by Crippen LogP contribution is -2.33. The van der Waals surface area contributed by atoms with E-state index in [4.69, 9.17) is 5.11 Å². The maximum Gasteiger partial charge on any atom is 0.241 e. The lowest BCUT2D eigenvalue weighted by Gasteiger charge is -2.15. The van der Waals surface area contributed by atoms with E-state index in [9.17, 15) is 12.8 Å². The second-order valence-electron chi connectivity index (χ2n) is 5.15. The number of hydrogen-bond acceptors (Lipinski definition) is 3. The fourth-order valence-electron chi connectivity index (χ4n) is 2.51. The fourth-order valence-corrected chi connectivity index (χ4v) is 4.03. The Balaban J connectivity index is 2.26. The Morgan fingerprint density at radius 1 is 1.42 bits per heavy atom. The number of benzene rings is 1. The van der Waals surface area contributed by atoms with Gasteiger partial charge in [0.2, 0.25) is 10.0 Å². The van der Waals surface area contributed by atoms with Crippen LogP contribution in [0.4, 0.5) is 4.39 Å². The lowest BCUT2D eigenvalue weighted by atomic mass is 10.1. The molecule has 4 nitrogen and oxygen atoms in total. The van der Waals surface area contributed by atoms with Gasteiger partial charge >= 0.3 is 0 Å². The summed E-state index contributed by atoms with van der Waals surface area (Å²) >= 11 is 0. The Labute approximate surface area is 112 Å². The van der Waals surface area contributed by atoms with E-state index in [0.29, 0.717) is 5.92 Å². The second-order valence-corrected chi connectivity index (χ2v) is 6.83. The highest BCUT2D eigenvalue weighted by molar-refractivity contribution is 7.89. The van der Waals surface area contributed by atoms with Gasteiger partial charge < -0.3 is 5.11 Å². The smallest absolute Gasteiger partial charge is 0.241 e. The molecule has 0 bridgehead atoms. The van der Waals surface area contributed by atoms with Crippen molar-refractivity contribution < 1.29 is 17.9 Å². The number of halogens is 1. The Hall–Kier alpha value is -0.980. The molecular formula is C13H18FNO3S. The van der Waals surface area contributed by atoms with Crippen molar-refractivity contribution in [2.24, 2.45) is 5.92 Å². The Bertz CT molecular complexity index is 559. The van der Waals surface area contributed by atoms with Crippen LogP contribution in [0, 0.1) is 11.7 Å². The van der Waals surface area contributed by atoms with Crippen LogP contribution in [-0.4, -0.2) is 19.6 Å². The zero-order valence-electron chi connectivity index (χ0n) is 10.8. The van der Waals surface area contributed by atoms with Gasteiger partial charge in [-0.1, -0.05) is 13.0 Å². The molecule has 1 saturated carbocycles. The predicted molar refractivity (Wildman–Crippen MR) is 69.4 cm³/mol. The molecule has 2 rings (SSSR count). The first-order valence-electron chi connectivity index (χ1n) is 6.34. The van der Waals surface area contributed by atoms with E-state index in [2.05, 4.69) is 11.6 Å². The summed E-state index contributed by atoms with van der Waals surface area (Å²) in [5.41, 5.74) is 0.208. The molecule has 0 heterocycles. The van der Waals surface area contributed by atoms with E-state index in [1.165, 1.54) is 6.07 Å². The van der Waals surface area contributed by atoms with Crippen molar-refractivity contribution in [3.63, 3.8) is 0 Å². The molecule has 1 aromatic rings. The van der Waals surface area contributed by atoms with Gasteiger partial charge in [0.1, 0.15) is 5.82 Å². The summed E-state index contributed by atoms with van der Waals surface area (Å²) < 4.78 is 40.3. The molecule has 19 heavy (non-hydrogen) atoms. The number of sulfonamides is 1. The minimum atomic E-state index is -3.78. The average Bonchev–Trinajstić information content (AvgIpc) is 2.74. The molecule has 2 N–H and O–H groups in total. The normalized spacial score (nSPS) is 23.7. The number of aliphatic hydroxyl groups is 1. The summed E-state index contributed by atoms with van der Waals surface area (Å²) in [4.78, 5) is -0.172. The molecule has 0 amide bonds. The van der Waals surface area contributed by atoms with Crippen LogP contribution in [0.25, 0.3) is 0 Å². The largest absolute Gasteiger partial charge is 0.392 e. The van der Waals surface area contributed by atoms with E-state index < -0.39 is 22.4 Å².